The number of H-pyrrole nitrogens is 4. The van der Waals surface area contributed by atoms with Gasteiger partial charge in [-0.2, -0.15) is 20.4 Å². The number of anilines is 4. The number of nitrogens with one attached hydrogen (secondary N) is 6. The lowest BCUT2D eigenvalue weighted by Crippen LogP contribution is -2.42. The summed E-state index contributed by atoms with van der Waals surface area (Å²) in [4.78, 5) is 109. The number of nitrogens with zero attached hydrogens (tertiary/aromatic N) is 20. The third-order valence-corrected chi connectivity index (χ3v) is 27.0. The van der Waals surface area contributed by atoms with Crippen molar-refractivity contribution in [1.82, 2.24) is 129 Å². The summed E-state index contributed by atoms with van der Waals surface area (Å²) in [6.45, 7) is 6.15. The van der Waals surface area contributed by atoms with Crippen LogP contribution < -0.4 is 52.5 Å². The lowest BCUT2D eigenvalue weighted by atomic mass is 9.81. The predicted molar refractivity (Wildman–Crippen MR) is 520 cm³/mol. The molecule has 0 atom stereocenters. The van der Waals surface area contributed by atoms with Crippen LogP contribution in [-0.2, 0) is 4.79 Å². The van der Waals surface area contributed by atoms with Gasteiger partial charge in [-0.15, -0.1) is 11.3 Å². The standard InChI is InChI=1S/C29H31N7O2.C24H23N7O3.C23H22N8O2S.C21H24N8O2/c1-17(37)31-15-18-9-11-19(12-10-18)29-35-26(27-28(30)32-16-33-36(27)29)24-14-21-6-4-8-23(25(21)34-24)20-5-3-7-22(13-20)38-2;1-33-18-4-2-3-15-11-17(28-19(15)18)20-21-22(25)26-13-27-31(21)23(29-20)14-5-8-30(9-6-14)24(32)16-7-10-34-12-16;1-33-17-4-2-3-14-9-15(28-18(14)17)19-20-21(24)25-11-27-31(20)22(29-19)13-5-7-30(8-6-13)23(32)16-10-34-12-26-16;1-23-21(30)28-8-6-12(7-9-28)20-27-17(18-19(22)24-11-25-29(18)20)14-10-13-4-3-5-15(31-2)16(13)26-14/h3-8,13-14,16,18-19,34H,9-12,15H2,1-2H3,(H,31,37)(H2,30,32,33);2-4,7,10-14,28H,5-6,8-9H2,1H3,(H2,25,26,27);2-4,9-13,28H,5-8H2,1H3,(H2,24,25,27);3-5,10-12,26H,6-9H2,1-2H3,(H,23,30)(H2,22,24,25). The van der Waals surface area contributed by atoms with Gasteiger partial charge < -0.3 is 91.6 Å². The van der Waals surface area contributed by atoms with E-state index in [9.17, 15) is 19.2 Å². The maximum atomic E-state index is 12.7. The van der Waals surface area contributed by atoms with Gasteiger partial charge in [-0.05, 0) is 136 Å². The first-order valence-electron chi connectivity index (χ1n) is 45.3. The van der Waals surface area contributed by atoms with E-state index in [2.05, 4.69) is 106 Å². The summed E-state index contributed by atoms with van der Waals surface area (Å²) in [5.74, 6) is 9.14. The van der Waals surface area contributed by atoms with Crippen molar-refractivity contribution < 1.29 is 42.5 Å². The van der Waals surface area contributed by atoms with Crippen LogP contribution in [0.5, 0.6) is 23.0 Å². The lowest BCUT2D eigenvalue weighted by Gasteiger charge is -2.31. The molecule has 17 heterocycles. The van der Waals surface area contributed by atoms with Crippen molar-refractivity contribution in [2.24, 2.45) is 5.92 Å². The molecular weight excluding hydrogens is 1760 g/mol. The van der Waals surface area contributed by atoms with Gasteiger partial charge in [0.25, 0.3) is 11.8 Å². The molecule has 0 unspecified atom stereocenters. The second-order valence-electron chi connectivity index (χ2n) is 34.4. The average molecular weight is 1860 g/mol. The largest absolute Gasteiger partial charge is 0.497 e. The van der Waals surface area contributed by atoms with Crippen molar-refractivity contribution >= 4 is 124 Å². The number of carbonyl (C=O) groups is 4. The van der Waals surface area contributed by atoms with E-state index < -0.39 is 0 Å². The Labute approximate surface area is 786 Å². The monoisotopic (exact) mass is 1860 g/mol. The van der Waals surface area contributed by atoms with E-state index in [1.54, 1.807) is 72.9 Å². The number of fused-ring (bicyclic) bond motifs is 8. The molecule has 14 N–H and O–H groups in total. The Hall–Kier alpha value is -16.6. The van der Waals surface area contributed by atoms with E-state index in [0.29, 0.717) is 113 Å². The zero-order valence-corrected chi connectivity index (χ0v) is 76.8. The molecule has 5 amide bonds. The molecule has 5 aromatic carbocycles. The van der Waals surface area contributed by atoms with Crippen LogP contribution in [0.2, 0.25) is 0 Å². The minimum atomic E-state index is -0.0503. The Morgan fingerprint density at radius 2 is 0.832 bits per heavy atom. The van der Waals surface area contributed by atoms with E-state index in [1.165, 1.54) is 49.2 Å². The molecule has 1 aliphatic carbocycles. The van der Waals surface area contributed by atoms with Gasteiger partial charge in [0.2, 0.25) is 5.91 Å². The molecule has 0 radical (unpaired) electrons. The van der Waals surface area contributed by atoms with Crippen molar-refractivity contribution in [2.45, 2.75) is 94.8 Å². The molecule has 23 rings (SSSR count). The number of ether oxygens (including phenoxy) is 4. The van der Waals surface area contributed by atoms with Crippen LogP contribution in [0.1, 0.15) is 139 Å². The fourth-order valence-electron chi connectivity index (χ4n) is 19.5. The zero-order valence-electron chi connectivity index (χ0n) is 76.0. The predicted octanol–water partition coefficient (Wildman–Crippen LogP) is 14.1. The summed E-state index contributed by atoms with van der Waals surface area (Å²) >= 11 is 1.43. The lowest BCUT2D eigenvalue weighted by molar-refractivity contribution is -0.119. The molecule has 14 aromatic heterocycles. The first-order valence-corrected chi connectivity index (χ1v) is 46.2. The maximum absolute atomic E-state index is 12.7. The molecule has 3 saturated heterocycles. The smallest absolute Gasteiger partial charge is 0.317 e. The van der Waals surface area contributed by atoms with Crippen LogP contribution in [0.3, 0.4) is 0 Å². The minimum absolute atomic E-state index is 0.0144. The summed E-state index contributed by atoms with van der Waals surface area (Å²) in [5.41, 5.74) is 42.8. The number of rotatable bonds is 17. The number of aromatic amines is 4. The molecule has 0 spiro atoms. The van der Waals surface area contributed by atoms with Crippen molar-refractivity contribution in [1.29, 1.82) is 0 Å². The Morgan fingerprint density at radius 3 is 1.21 bits per heavy atom. The number of imidazole rings is 4. The number of thiazole rings is 1. The minimum Gasteiger partial charge on any atom is -0.497 e. The summed E-state index contributed by atoms with van der Waals surface area (Å²) in [7, 11) is 8.27. The summed E-state index contributed by atoms with van der Waals surface area (Å²) in [6, 6.07) is 41.8. The highest BCUT2D eigenvalue weighted by molar-refractivity contribution is 7.07. The molecule has 40 heteroatoms. The number of benzene rings is 5. The first-order chi connectivity index (χ1) is 66.9. The van der Waals surface area contributed by atoms with E-state index in [-0.39, 0.29) is 47.4 Å². The molecule has 19 aromatic rings. The van der Waals surface area contributed by atoms with Crippen molar-refractivity contribution in [3.05, 3.63) is 211 Å². The van der Waals surface area contributed by atoms with Crippen LogP contribution >= 0.6 is 11.3 Å². The highest BCUT2D eigenvalue weighted by Gasteiger charge is 2.36. The van der Waals surface area contributed by atoms with Crippen molar-refractivity contribution in [3.63, 3.8) is 0 Å². The Balaban J connectivity index is 0.000000113. The van der Waals surface area contributed by atoms with Gasteiger partial charge in [-0.25, -0.2) is 67.7 Å². The summed E-state index contributed by atoms with van der Waals surface area (Å²) < 4.78 is 34.2. The van der Waals surface area contributed by atoms with Crippen LogP contribution in [0, 0.1) is 5.92 Å². The van der Waals surface area contributed by atoms with E-state index in [4.69, 9.17) is 66.2 Å². The van der Waals surface area contributed by atoms with E-state index in [0.717, 1.165) is 206 Å². The quantitative estimate of drug-likeness (QED) is 0.0405. The van der Waals surface area contributed by atoms with Gasteiger partial charge >= 0.3 is 6.03 Å². The van der Waals surface area contributed by atoms with Gasteiger partial charge in [0.15, 0.2) is 23.3 Å². The van der Waals surface area contributed by atoms with Crippen molar-refractivity contribution in [3.8, 4) is 79.7 Å². The Kier molecular flexibility index (Phi) is 24.4. The number of furan rings is 1. The summed E-state index contributed by atoms with van der Waals surface area (Å²) in [6.07, 6.45) is 17.6. The van der Waals surface area contributed by atoms with Crippen LogP contribution in [0.15, 0.2) is 181 Å². The number of likely N-dealkylation sites (tertiary alicyclic amines) is 3. The molecular formula is C97H100N30O9S. The number of carbonyl (C=O) groups excluding carboxylic acids is 4. The average Bonchev–Trinajstić information content (AvgIpc) is 1.61. The van der Waals surface area contributed by atoms with Crippen molar-refractivity contribution in [2.75, 3.05) is 104 Å². The zero-order chi connectivity index (χ0) is 94.2. The van der Waals surface area contributed by atoms with Gasteiger partial charge in [0.1, 0.15) is 128 Å². The van der Waals surface area contributed by atoms with Crippen LogP contribution in [-0.4, -0.2) is 223 Å². The highest BCUT2D eigenvalue weighted by Crippen LogP contribution is 2.45. The number of nitrogens with two attached hydrogens (primary N) is 4. The number of piperidine rings is 3. The Morgan fingerprint density at radius 1 is 0.445 bits per heavy atom. The molecule has 3 aliphatic heterocycles. The maximum Gasteiger partial charge on any atom is 0.317 e. The fraction of sp³-hybridized carbons (Fsp3) is 0.289. The molecule has 137 heavy (non-hydrogen) atoms. The third-order valence-electron chi connectivity index (χ3n) is 26.4. The van der Waals surface area contributed by atoms with Gasteiger partial charge in [0.05, 0.1) is 90.6 Å². The molecule has 1 saturated carbocycles. The number of methoxy groups -OCH3 is 4. The number of hydrogen-bond acceptors (Lipinski definition) is 27. The van der Waals surface area contributed by atoms with Crippen LogP contribution in [0.4, 0.5) is 28.1 Å². The third kappa shape index (κ3) is 17.1. The molecule has 4 fully saturated rings. The van der Waals surface area contributed by atoms with Gasteiger partial charge in [-0.1, -0.05) is 66.7 Å². The van der Waals surface area contributed by atoms with Crippen LogP contribution in [0.25, 0.3) is 122 Å². The highest BCUT2D eigenvalue weighted by atomic mass is 32.1. The second kappa shape index (κ2) is 37.8. The van der Waals surface area contributed by atoms with E-state index >= 15 is 0 Å². The molecule has 0 bridgehead atoms. The molecule has 4 aliphatic rings. The SMILES string of the molecule is CNC(=O)N1CCC(c2nc(-c3cc4cccc(OC)c4[nH]3)c3c(N)ncnn23)CC1.COc1cccc(-c2cccc3cc(-c4nc(C5CCC(CNC(C)=O)CC5)n5ncnc(N)c45)[nH]c23)c1.COc1cccc2cc(-c3nc(C4CCN(C(=O)c5ccoc5)CC4)n4ncnc(N)c34)[nH]c12.COc1cccc2cc(-c3nc(C4CCN(C(=O)c5cscn5)CC4)n4ncnc(N)c34)[nH]c12. The van der Waals surface area contributed by atoms with E-state index in [1.807, 2.05) is 110 Å². The number of urea groups is 1. The number of nitrogen functional groups attached to an aromatic ring is 4. The van der Waals surface area contributed by atoms with Gasteiger partial charge in [0, 0.05) is 116 Å². The topological polar surface area (TPSA) is 505 Å². The number of hydrogen-bond donors (Lipinski definition) is 10. The van der Waals surface area contributed by atoms with Gasteiger partial charge in [-0.3, -0.25) is 14.4 Å². The number of para-hydroxylation sites is 4. The summed E-state index contributed by atoms with van der Waals surface area (Å²) in [5, 5.41) is 29.5. The Bertz CT molecular complexity index is 7460. The molecule has 698 valence electrons. The molecule has 39 nitrogen and oxygen atoms in total. The fourth-order valence-corrected chi connectivity index (χ4v) is 20.0. The normalized spacial score (nSPS) is 15.6. The number of amides is 5. The first kappa shape index (κ1) is 88.4. The second-order valence-corrected chi connectivity index (χ2v) is 35.1. The number of aromatic nitrogens is 21.